The van der Waals surface area contributed by atoms with Crippen LogP contribution >= 0.6 is 0 Å². The Kier molecular flexibility index (Phi) is 10.3. The molecule has 2 amide bonds. The summed E-state index contributed by atoms with van der Waals surface area (Å²) in [5.74, 6) is -0.112. The van der Waals surface area contributed by atoms with Gasteiger partial charge < -0.3 is 15.7 Å². The second-order valence-electron chi connectivity index (χ2n) is 7.69. The lowest BCUT2D eigenvalue weighted by atomic mass is 10.1. The Bertz CT molecular complexity index is 878. The number of hydrogen-bond acceptors (Lipinski definition) is 6. The van der Waals surface area contributed by atoms with E-state index < -0.39 is 0 Å². The molecule has 0 radical (unpaired) electrons. The van der Waals surface area contributed by atoms with E-state index >= 15 is 0 Å². The maximum absolute atomic E-state index is 12.4. The Hall–Kier alpha value is -3.33. The predicted molar refractivity (Wildman–Crippen MR) is 120 cm³/mol. The van der Waals surface area contributed by atoms with Crippen LogP contribution in [0.5, 0.6) is 0 Å². The molecule has 0 saturated carbocycles. The van der Waals surface area contributed by atoms with Crippen molar-refractivity contribution in [2.24, 2.45) is 0 Å². The number of aromatic nitrogens is 2. The fourth-order valence-corrected chi connectivity index (χ4v) is 3.82. The fraction of sp³-hybridized carbons (Fsp3) is 0.435. The third kappa shape index (κ3) is 7.73. The number of nitrogens with zero attached hydrogens (tertiary/aromatic N) is 3. The third-order valence-electron chi connectivity index (χ3n) is 5.70. The molecule has 32 heavy (non-hydrogen) atoms. The van der Waals surface area contributed by atoms with Gasteiger partial charge >= 0.3 is 0 Å². The van der Waals surface area contributed by atoms with Gasteiger partial charge in [0.2, 0.25) is 5.91 Å². The normalized spacial score (nSPS) is 17.7. The number of aryl methyl sites for hydroxylation is 1. The van der Waals surface area contributed by atoms with Crippen LogP contribution < -0.4 is 10.6 Å². The number of amides is 2. The quantitative estimate of drug-likeness (QED) is 0.529. The predicted octanol–water partition coefficient (Wildman–Crippen LogP) is 1.43. The van der Waals surface area contributed by atoms with Gasteiger partial charge in [0.25, 0.3) is 12.4 Å². The van der Waals surface area contributed by atoms with Crippen molar-refractivity contribution in [2.75, 3.05) is 20.1 Å². The lowest BCUT2D eigenvalue weighted by Gasteiger charge is -2.25. The van der Waals surface area contributed by atoms with E-state index in [0.717, 1.165) is 19.3 Å². The Morgan fingerprint density at radius 3 is 2.59 bits per heavy atom. The molecule has 172 valence electrons. The minimum Gasteiger partial charge on any atom is -0.483 e. The first kappa shape index (κ1) is 24.9. The van der Waals surface area contributed by atoms with Gasteiger partial charge in [-0.15, -0.1) is 0 Å². The summed E-state index contributed by atoms with van der Waals surface area (Å²) >= 11 is 0. The van der Waals surface area contributed by atoms with Crippen molar-refractivity contribution in [1.82, 2.24) is 25.5 Å². The highest BCUT2D eigenvalue weighted by Gasteiger charge is 2.31. The van der Waals surface area contributed by atoms with Gasteiger partial charge in [0.1, 0.15) is 12.0 Å². The molecule has 3 N–H and O–H groups in total. The first-order valence-corrected chi connectivity index (χ1v) is 10.6. The van der Waals surface area contributed by atoms with Crippen LogP contribution in [0.3, 0.4) is 0 Å². The molecule has 1 fully saturated rings. The average molecular weight is 442 g/mol. The van der Waals surface area contributed by atoms with Crippen molar-refractivity contribution < 1.29 is 19.5 Å². The SMILES string of the molecule is Cc1ccccc1CCNC(=O)C[C@H]1CC[C@@H](CNC(=O)c2ccncn2)N1C.O=CO. The monoisotopic (exact) mass is 441 g/mol. The molecule has 1 aliphatic rings. The molecule has 3 rings (SSSR count). The largest absolute Gasteiger partial charge is 0.483 e. The maximum Gasteiger partial charge on any atom is 0.290 e. The van der Waals surface area contributed by atoms with Crippen LogP contribution in [-0.4, -0.2) is 70.5 Å². The topological polar surface area (TPSA) is 125 Å². The molecule has 2 heterocycles. The van der Waals surface area contributed by atoms with Gasteiger partial charge in [-0.2, -0.15) is 0 Å². The zero-order valence-electron chi connectivity index (χ0n) is 18.5. The number of carbonyl (C=O) groups is 3. The highest BCUT2D eigenvalue weighted by atomic mass is 16.3. The van der Waals surface area contributed by atoms with Crippen molar-refractivity contribution in [1.29, 1.82) is 0 Å². The summed E-state index contributed by atoms with van der Waals surface area (Å²) in [6, 6.07) is 10.3. The van der Waals surface area contributed by atoms with Crippen LogP contribution in [0.1, 0.15) is 40.9 Å². The van der Waals surface area contributed by atoms with Crippen molar-refractivity contribution >= 4 is 18.3 Å². The second kappa shape index (κ2) is 13.2. The van der Waals surface area contributed by atoms with E-state index in [1.54, 1.807) is 12.3 Å². The van der Waals surface area contributed by atoms with E-state index in [1.807, 2.05) is 19.2 Å². The summed E-state index contributed by atoms with van der Waals surface area (Å²) in [4.78, 5) is 42.9. The zero-order chi connectivity index (χ0) is 23.3. The fourth-order valence-electron chi connectivity index (χ4n) is 3.82. The van der Waals surface area contributed by atoms with Gasteiger partial charge in [0, 0.05) is 37.8 Å². The van der Waals surface area contributed by atoms with E-state index in [4.69, 9.17) is 9.90 Å². The Morgan fingerprint density at radius 1 is 1.19 bits per heavy atom. The van der Waals surface area contributed by atoms with E-state index in [0.29, 0.717) is 25.2 Å². The van der Waals surface area contributed by atoms with Gasteiger partial charge in [-0.1, -0.05) is 24.3 Å². The van der Waals surface area contributed by atoms with Crippen molar-refractivity contribution in [3.05, 3.63) is 59.7 Å². The third-order valence-corrected chi connectivity index (χ3v) is 5.70. The highest BCUT2D eigenvalue weighted by Crippen LogP contribution is 2.24. The maximum atomic E-state index is 12.4. The number of carbonyl (C=O) groups excluding carboxylic acids is 2. The summed E-state index contributed by atoms with van der Waals surface area (Å²) in [5.41, 5.74) is 2.89. The molecule has 0 unspecified atom stereocenters. The Labute approximate surface area is 188 Å². The average Bonchev–Trinajstić information content (AvgIpc) is 3.13. The molecule has 1 aromatic carbocycles. The summed E-state index contributed by atoms with van der Waals surface area (Å²) in [5, 5.41) is 12.9. The first-order valence-electron chi connectivity index (χ1n) is 10.6. The number of likely N-dealkylation sites (N-methyl/N-ethyl adjacent to an activating group) is 1. The van der Waals surface area contributed by atoms with Crippen LogP contribution in [0, 0.1) is 6.92 Å². The number of nitrogens with one attached hydrogen (secondary N) is 2. The minimum absolute atomic E-state index is 0.0844. The molecule has 0 aliphatic carbocycles. The minimum atomic E-state index is -0.250. The smallest absolute Gasteiger partial charge is 0.290 e. The van der Waals surface area contributed by atoms with E-state index in [-0.39, 0.29) is 30.4 Å². The molecule has 9 nitrogen and oxygen atoms in total. The molecule has 0 bridgehead atoms. The summed E-state index contributed by atoms with van der Waals surface area (Å²) < 4.78 is 0. The molecule has 1 aliphatic heterocycles. The van der Waals surface area contributed by atoms with Crippen molar-refractivity contribution in [3.63, 3.8) is 0 Å². The molecule has 1 aromatic heterocycles. The molecule has 0 spiro atoms. The van der Waals surface area contributed by atoms with Gasteiger partial charge in [0.15, 0.2) is 0 Å². The van der Waals surface area contributed by atoms with E-state index in [9.17, 15) is 9.59 Å². The van der Waals surface area contributed by atoms with Crippen LogP contribution in [-0.2, 0) is 16.0 Å². The molecular formula is C23H31N5O4. The van der Waals surface area contributed by atoms with Crippen molar-refractivity contribution in [2.45, 2.75) is 44.7 Å². The number of hydrogen-bond donors (Lipinski definition) is 3. The molecule has 2 atom stereocenters. The van der Waals surface area contributed by atoms with Gasteiger partial charge in [-0.05, 0) is 50.4 Å². The van der Waals surface area contributed by atoms with Gasteiger partial charge in [-0.25, -0.2) is 9.97 Å². The van der Waals surface area contributed by atoms with Crippen LogP contribution in [0.2, 0.25) is 0 Å². The van der Waals surface area contributed by atoms with Crippen LogP contribution in [0.15, 0.2) is 42.9 Å². The number of likely N-dealkylation sites (tertiary alicyclic amines) is 1. The first-order chi connectivity index (χ1) is 15.5. The molecule has 1 saturated heterocycles. The highest BCUT2D eigenvalue weighted by molar-refractivity contribution is 5.92. The summed E-state index contributed by atoms with van der Waals surface area (Å²) in [6.07, 6.45) is 6.16. The van der Waals surface area contributed by atoms with Crippen molar-refractivity contribution in [3.8, 4) is 0 Å². The Balaban J connectivity index is 0.00000114. The Morgan fingerprint density at radius 2 is 1.91 bits per heavy atom. The number of carboxylic acid groups (broad SMARTS) is 1. The lowest BCUT2D eigenvalue weighted by molar-refractivity contribution is -0.123. The molecule has 2 aromatic rings. The second-order valence-corrected chi connectivity index (χ2v) is 7.69. The zero-order valence-corrected chi connectivity index (χ0v) is 18.5. The lowest BCUT2D eigenvalue weighted by Crippen LogP contribution is -2.42. The van der Waals surface area contributed by atoms with E-state index in [1.165, 1.54) is 17.5 Å². The molecular weight excluding hydrogens is 410 g/mol. The summed E-state index contributed by atoms with van der Waals surface area (Å²) in [6.45, 7) is 3.04. The number of benzene rings is 1. The van der Waals surface area contributed by atoms with E-state index in [2.05, 4.69) is 44.6 Å². The van der Waals surface area contributed by atoms with Gasteiger partial charge in [0.05, 0.1) is 0 Å². The van der Waals surface area contributed by atoms with Crippen LogP contribution in [0.25, 0.3) is 0 Å². The summed E-state index contributed by atoms with van der Waals surface area (Å²) in [7, 11) is 2.03. The standard InChI is InChI=1S/C22H29N5O2.CH2O2/c1-16-5-3-4-6-17(16)9-12-24-21(28)13-18-7-8-19(27(18)2)14-25-22(29)20-10-11-23-15-26-20;2-1-3/h3-6,10-11,15,18-19H,7-9,12-14H2,1-2H3,(H,24,28)(H,25,29);1H,(H,2,3)/t18-,19+;/m1./s1. The van der Waals surface area contributed by atoms with Crippen LogP contribution in [0.4, 0.5) is 0 Å². The number of rotatable bonds is 8. The van der Waals surface area contributed by atoms with Gasteiger partial charge in [-0.3, -0.25) is 19.3 Å². The molecule has 9 heteroatoms.